The predicted molar refractivity (Wildman–Crippen MR) is 56.6 cm³/mol. The third-order valence-corrected chi connectivity index (χ3v) is 2.04. The van der Waals surface area contributed by atoms with Gasteiger partial charge in [0, 0.05) is 5.56 Å². The molecule has 0 atom stereocenters. The van der Waals surface area contributed by atoms with Crippen LogP contribution in [-0.2, 0) is 0 Å². The summed E-state index contributed by atoms with van der Waals surface area (Å²) < 4.78 is 12.7. The van der Waals surface area contributed by atoms with Crippen LogP contribution in [0.25, 0.3) is 11.4 Å². The van der Waals surface area contributed by atoms with Gasteiger partial charge in [-0.3, -0.25) is 0 Å². The molecule has 0 saturated heterocycles. The van der Waals surface area contributed by atoms with Gasteiger partial charge in [-0.1, -0.05) is 0 Å². The molecule has 1 aromatic heterocycles. The molecule has 16 heavy (non-hydrogen) atoms. The smallest absolute Gasteiger partial charge is 0.161 e. The Morgan fingerprint density at radius 2 is 1.94 bits per heavy atom. The standard InChI is InChI=1S/C11H7FN4/c12-9-3-1-7(2-4-9)11-15-6-8(5-13)10(14)16-11/h1-4,6H,(H2,14,15,16). The van der Waals surface area contributed by atoms with Crippen molar-refractivity contribution >= 4 is 5.82 Å². The first-order valence-electron chi connectivity index (χ1n) is 4.49. The van der Waals surface area contributed by atoms with Gasteiger partial charge in [0.05, 0.1) is 6.20 Å². The lowest BCUT2D eigenvalue weighted by Gasteiger charge is -2.01. The lowest BCUT2D eigenvalue weighted by Crippen LogP contribution is -1.98. The summed E-state index contributed by atoms with van der Waals surface area (Å²) in [5, 5.41) is 8.66. The SMILES string of the molecule is N#Cc1cnc(-c2ccc(F)cc2)nc1N. The zero-order valence-corrected chi connectivity index (χ0v) is 8.18. The molecule has 5 heteroatoms. The monoisotopic (exact) mass is 214 g/mol. The summed E-state index contributed by atoms with van der Waals surface area (Å²) in [7, 11) is 0. The van der Waals surface area contributed by atoms with Gasteiger partial charge in [0.25, 0.3) is 0 Å². The van der Waals surface area contributed by atoms with Gasteiger partial charge in [-0.05, 0) is 24.3 Å². The zero-order valence-electron chi connectivity index (χ0n) is 8.18. The van der Waals surface area contributed by atoms with E-state index in [4.69, 9.17) is 11.0 Å². The Morgan fingerprint density at radius 1 is 1.25 bits per heavy atom. The van der Waals surface area contributed by atoms with E-state index < -0.39 is 0 Å². The van der Waals surface area contributed by atoms with Crippen LogP contribution in [-0.4, -0.2) is 9.97 Å². The third-order valence-electron chi connectivity index (χ3n) is 2.04. The van der Waals surface area contributed by atoms with E-state index in [1.807, 2.05) is 6.07 Å². The highest BCUT2D eigenvalue weighted by Gasteiger charge is 2.05. The first-order chi connectivity index (χ1) is 7.70. The molecule has 0 amide bonds. The fraction of sp³-hybridized carbons (Fsp3) is 0. The van der Waals surface area contributed by atoms with Gasteiger partial charge in [-0.25, -0.2) is 14.4 Å². The number of benzene rings is 1. The average molecular weight is 214 g/mol. The number of aromatic nitrogens is 2. The molecule has 2 N–H and O–H groups in total. The Balaban J connectivity index is 2.46. The van der Waals surface area contributed by atoms with E-state index in [1.165, 1.54) is 18.3 Å². The summed E-state index contributed by atoms with van der Waals surface area (Å²) in [6.07, 6.45) is 1.35. The Kier molecular flexibility index (Phi) is 2.48. The van der Waals surface area contributed by atoms with Crippen molar-refractivity contribution in [2.24, 2.45) is 0 Å². The fourth-order valence-corrected chi connectivity index (χ4v) is 1.22. The van der Waals surface area contributed by atoms with E-state index in [9.17, 15) is 4.39 Å². The van der Waals surface area contributed by atoms with Crippen LogP contribution in [0.4, 0.5) is 10.2 Å². The Morgan fingerprint density at radius 3 is 2.50 bits per heavy atom. The minimum atomic E-state index is -0.328. The first kappa shape index (κ1) is 10.1. The van der Waals surface area contributed by atoms with E-state index in [0.29, 0.717) is 11.4 Å². The van der Waals surface area contributed by atoms with E-state index in [0.717, 1.165) is 0 Å². The topological polar surface area (TPSA) is 75.6 Å². The van der Waals surface area contributed by atoms with Gasteiger partial charge in [0.15, 0.2) is 5.82 Å². The molecule has 0 radical (unpaired) electrons. The number of nitrogens with two attached hydrogens (primary N) is 1. The van der Waals surface area contributed by atoms with Crippen molar-refractivity contribution in [3.05, 3.63) is 41.8 Å². The molecule has 0 aliphatic heterocycles. The van der Waals surface area contributed by atoms with Crippen LogP contribution in [0.2, 0.25) is 0 Å². The van der Waals surface area contributed by atoms with Crippen molar-refractivity contribution < 1.29 is 4.39 Å². The van der Waals surface area contributed by atoms with Crippen LogP contribution in [0.5, 0.6) is 0 Å². The van der Waals surface area contributed by atoms with Crippen molar-refractivity contribution in [2.45, 2.75) is 0 Å². The van der Waals surface area contributed by atoms with Crippen LogP contribution >= 0.6 is 0 Å². The first-order valence-corrected chi connectivity index (χ1v) is 4.49. The van der Waals surface area contributed by atoms with Gasteiger partial charge in [0.1, 0.15) is 23.3 Å². The normalized spacial score (nSPS) is 9.75. The molecule has 1 aromatic carbocycles. The largest absolute Gasteiger partial charge is 0.382 e. The third kappa shape index (κ3) is 1.81. The molecule has 0 aliphatic carbocycles. The maximum atomic E-state index is 12.7. The summed E-state index contributed by atoms with van der Waals surface area (Å²) in [5.41, 5.74) is 6.43. The average Bonchev–Trinajstić information content (AvgIpc) is 2.30. The summed E-state index contributed by atoms with van der Waals surface area (Å²) >= 11 is 0. The molecule has 1 heterocycles. The maximum Gasteiger partial charge on any atom is 0.161 e. The van der Waals surface area contributed by atoms with Crippen LogP contribution in [0.1, 0.15) is 5.56 Å². The van der Waals surface area contributed by atoms with Gasteiger partial charge in [-0.2, -0.15) is 5.26 Å². The number of nitrogen functional groups attached to an aromatic ring is 1. The fourth-order valence-electron chi connectivity index (χ4n) is 1.22. The molecule has 0 unspecified atom stereocenters. The molecule has 0 fully saturated rings. The van der Waals surface area contributed by atoms with E-state index in [1.54, 1.807) is 12.1 Å². The highest BCUT2D eigenvalue weighted by Crippen LogP contribution is 2.17. The van der Waals surface area contributed by atoms with Gasteiger partial charge < -0.3 is 5.73 Å². The molecular weight excluding hydrogens is 207 g/mol. The minimum absolute atomic E-state index is 0.122. The van der Waals surface area contributed by atoms with Crippen molar-refractivity contribution in [1.82, 2.24) is 9.97 Å². The Hall–Kier alpha value is -2.48. The molecule has 0 saturated carbocycles. The Bertz CT molecular complexity index is 557. The maximum absolute atomic E-state index is 12.7. The number of anilines is 1. The number of hydrogen-bond donors (Lipinski definition) is 1. The van der Waals surface area contributed by atoms with Crippen LogP contribution in [0.15, 0.2) is 30.5 Å². The van der Waals surface area contributed by atoms with Crippen LogP contribution in [0.3, 0.4) is 0 Å². The quantitative estimate of drug-likeness (QED) is 0.784. The number of rotatable bonds is 1. The second-order valence-electron chi connectivity index (χ2n) is 3.11. The number of hydrogen-bond acceptors (Lipinski definition) is 4. The molecule has 78 valence electrons. The number of nitrogens with zero attached hydrogens (tertiary/aromatic N) is 3. The van der Waals surface area contributed by atoms with Crippen molar-refractivity contribution in [2.75, 3.05) is 5.73 Å². The Labute approximate surface area is 91.2 Å². The summed E-state index contributed by atoms with van der Waals surface area (Å²) in [6, 6.07) is 7.60. The van der Waals surface area contributed by atoms with Gasteiger partial charge in [0.2, 0.25) is 0 Å². The van der Waals surface area contributed by atoms with Gasteiger partial charge in [-0.15, -0.1) is 0 Å². The zero-order chi connectivity index (χ0) is 11.5. The molecule has 0 spiro atoms. The lowest BCUT2D eigenvalue weighted by atomic mass is 10.2. The van der Waals surface area contributed by atoms with Crippen molar-refractivity contribution in [3.63, 3.8) is 0 Å². The summed E-state index contributed by atoms with van der Waals surface area (Å²) in [6.45, 7) is 0. The second kappa shape index (κ2) is 3.95. The highest BCUT2D eigenvalue weighted by molar-refractivity contribution is 5.59. The van der Waals surface area contributed by atoms with E-state index >= 15 is 0 Å². The van der Waals surface area contributed by atoms with Crippen LogP contribution < -0.4 is 5.73 Å². The lowest BCUT2D eigenvalue weighted by molar-refractivity contribution is 0.628. The van der Waals surface area contributed by atoms with Crippen molar-refractivity contribution in [1.29, 1.82) is 5.26 Å². The van der Waals surface area contributed by atoms with E-state index in [2.05, 4.69) is 9.97 Å². The second-order valence-corrected chi connectivity index (χ2v) is 3.11. The van der Waals surface area contributed by atoms with Crippen molar-refractivity contribution in [3.8, 4) is 17.5 Å². The van der Waals surface area contributed by atoms with Crippen LogP contribution in [0, 0.1) is 17.1 Å². The molecule has 2 rings (SSSR count). The molecular formula is C11H7FN4. The predicted octanol–water partition coefficient (Wildman–Crippen LogP) is 1.74. The summed E-state index contributed by atoms with van der Waals surface area (Å²) in [4.78, 5) is 7.94. The number of halogens is 1. The van der Waals surface area contributed by atoms with E-state index in [-0.39, 0.29) is 17.2 Å². The number of nitriles is 1. The summed E-state index contributed by atoms with van der Waals surface area (Å²) in [5.74, 6) is 0.165. The van der Waals surface area contributed by atoms with Gasteiger partial charge >= 0.3 is 0 Å². The molecule has 0 bridgehead atoms. The minimum Gasteiger partial charge on any atom is -0.382 e. The molecule has 2 aromatic rings. The highest BCUT2D eigenvalue weighted by atomic mass is 19.1. The molecule has 0 aliphatic rings. The molecule has 4 nitrogen and oxygen atoms in total.